The number of halogens is 3. The van der Waals surface area contributed by atoms with Gasteiger partial charge in [-0.05, 0) is 58.2 Å². The Morgan fingerprint density at radius 2 is 1.90 bits per heavy atom. The van der Waals surface area contributed by atoms with Crippen LogP contribution in [0.2, 0.25) is 10.0 Å². The first-order valence-corrected chi connectivity index (χ1v) is 8.07. The maximum Gasteiger partial charge on any atom is 0.133 e. The molecule has 0 aliphatic carbocycles. The summed E-state index contributed by atoms with van der Waals surface area (Å²) in [4.78, 5) is 0. The van der Waals surface area contributed by atoms with Gasteiger partial charge < -0.3 is 10.1 Å². The fraction of sp³-hybridized carbons (Fsp3) is 0.250. The molecule has 0 bridgehead atoms. The number of rotatable bonds is 5. The van der Waals surface area contributed by atoms with E-state index in [1.165, 1.54) is 5.56 Å². The molecule has 0 spiro atoms. The lowest BCUT2D eigenvalue weighted by molar-refractivity contribution is 0.411. The van der Waals surface area contributed by atoms with E-state index < -0.39 is 0 Å². The highest BCUT2D eigenvalue weighted by Crippen LogP contribution is 2.28. The van der Waals surface area contributed by atoms with E-state index in [9.17, 15) is 0 Å². The molecule has 112 valence electrons. The molecule has 0 aliphatic heterocycles. The predicted octanol–water partition coefficient (Wildman–Crippen LogP) is 5.62. The van der Waals surface area contributed by atoms with Gasteiger partial charge in [0.25, 0.3) is 0 Å². The van der Waals surface area contributed by atoms with Crippen molar-refractivity contribution in [1.82, 2.24) is 5.32 Å². The second kappa shape index (κ2) is 7.50. The normalized spacial score (nSPS) is 12.2. The van der Waals surface area contributed by atoms with Gasteiger partial charge in [-0.2, -0.15) is 0 Å². The largest absolute Gasteiger partial charge is 0.496 e. The molecule has 0 heterocycles. The Balaban J connectivity index is 2.02. The highest BCUT2D eigenvalue weighted by Gasteiger charge is 2.08. The lowest BCUT2D eigenvalue weighted by Crippen LogP contribution is -2.18. The maximum absolute atomic E-state index is 6.02. The quantitative estimate of drug-likeness (QED) is 0.718. The van der Waals surface area contributed by atoms with E-state index in [1.54, 1.807) is 7.11 Å². The Morgan fingerprint density at radius 1 is 1.14 bits per heavy atom. The van der Waals surface area contributed by atoms with Crippen molar-refractivity contribution in [3.63, 3.8) is 0 Å². The minimum Gasteiger partial charge on any atom is -0.496 e. The Labute approximate surface area is 143 Å². The summed E-state index contributed by atoms with van der Waals surface area (Å²) in [5.74, 6) is 0.829. The summed E-state index contributed by atoms with van der Waals surface area (Å²) in [6.07, 6.45) is 0. The zero-order valence-corrected chi connectivity index (χ0v) is 14.9. The molecule has 0 amide bonds. The van der Waals surface area contributed by atoms with Crippen molar-refractivity contribution in [1.29, 1.82) is 0 Å². The van der Waals surface area contributed by atoms with Crippen molar-refractivity contribution >= 4 is 39.1 Å². The van der Waals surface area contributed by atoms with Crippen molar-refractivity contribution < 1.29 is 4.74 Å². The van der Waals surface area contributed by atoms with Gasteiger partial charge in [0.15, 0.2) is 0 Å². The molecule has 21 heavy (non-hydrogen) atoms. The Kier molecular flexibility index (Phi) is 5.94. The molecule has 0 aliphatic rings. The van der Waals surface area contributed by atoms with Crippen LogP contribution in [0.15, 0.2) is 40.9 Å². The second-order valence-corrected chi connectivity index (χ2v) is 6.41. The molecule has 0 saturated carbocycles. The number of ether oxygens (including phenoxy) is 1. The van der Waals surface area contributed by atoms with Gasteiger partial charge in [0.05, 0.1) is 21.6 Å². The molecule has 1 N–H and O–H groups in total. The molecule has 1 atom stereocenters. The first-order valence-electron chi connectivity index (χ1n) is 6.52. The molecule has 0 radical (unpaired) electrons. The van der Waals surface area contributed by atoms with Crippen LogP contribution in [0.3, 0.4) is 0 Å². The van der Waals surface area contributed by atoms with Crippen LogP contribution >= 0.6 is 39.1 Å². The average Bonchev–Trinajstić information content (AvgIpc) is 2.48. The van der Waals surface area contributed by atoms with Crippen molar-refractivity contribution in [2.45, 2.75) is 19.5 Å². The van der Waals surface area contributed by atoms with Gasteiger partial charge in [-0.3, -0.25) is 0 Å². The number of methoxy groups -OCH3 is 1. The van der Waals surface area contributed by atoms with Crippen LogP contribution in [0.4, 0.5) is 0 Å². The van der Waals surface area contributed by atoms with E-state index >= 15 is 0 Å². The first kappa shape index (κ1) is 16.6. The summed E-state index contributed by atoms with van der Waals surface area (Å²) in [6.45, 7) is 2.84. The Hall–Kier alpha value is -0.740. The molecule has 0 fully saturated rings. The molecule has 2 aromatic rings. The van der Waals surface area contributed by atoms with E-state index in [2.05, 4.69) is 40.3 Å². The number of benzene rings is 2. The molecule has 2 aromatic carbocycles. The zero-order valence-electron chi connectivity index (χ0n) is 11.8. The molecule has 5 heteroatoms. The van der Waals surface area contributed by atoms with E-state index in [0.717, 1.165) is 22.3 Å². The van der Waals surface area contributed by atoms with Gasteiger partial charge >= 0.3 is 0 Å². The van der Waals surface area contributed by atoms with Gasteiger partial charge in [-0.25, -0.2) is 0 Å². The molecule has 2 rings (SSSR count). The van der Waals surface area contributed by atoms with E-state index in [0.29, 0.717) is 10.0 Å². The third-order valence-electron chi connectivity index (χ3n) is 3.27. The van der Waals surface area contributed by atoms with Gasteiger partial charge in [-0.15, -0.1) is 0 Å². The van der Waals surface area contributed by atoms with Crippen LogP contribution in [0.1, 0.15) is 24.1 Å². The number of hydrogen-bond acceptors (Lipinski definition) is 2. The van der Waals surface area contributed by atoms with Crippen molar-refractivity contribution in [2.24, 2.45) is 0 Å². The van der Waals surface area contributed by atoms with Crippen molar-refractivity contribution in [2.75, 3.05) is 7.11 Å². The molecule has 1 unspecified atom stereocenters. The number of nitrogens with one attached hydrogen (secondary N) is 1. The molecule has 2 nitrogen and oxygen atoms in total. The summed E-state index contributed by atoms with van der Waals surface area (Å²) in [5.41, 5.74) is 2.28. The van der Waals surface area contributed by atoms with Gasteiger partial charge in [0.2, 0.25) is 0 Å². The van der Waals surface area contributed by atoms with Crippen LogP contribution in [0.5, 0.6) is 5.75 Å². The average molecular weight is 389 g/mol. The number of hydrogen-bond donors (Lipinski definition) is 1. The minimum atomic E-state index is 0.210. The third kappa shape index (κ3) is 4.36. The van der Waals surface area contributed by atoms with Crippen LogP contribution < -0.4 is 10.1 Å². The van der Waals surface area contributed by atoms with E-state index in [4.69, 9.17) is 27.9 Å². The fourth-order valence-electron chi connectivity index (χ4n) is 1.99. The van der Waals surface area contributed by atoms with E-state index in [-0.39, 0.29) is 6.04 Å². The minimum absolute atomic E-state index is 0.210. The van der Waals surface area contributed by atoms with E-state index in [1.807, 2.05) is 24.3 Å². The standard InChI is InChI=1S/C16H16BrCl2NO/c1-10(12-4-6-16(21-2)13(17)8-12)20-9-11-3-5-14(18)15(19)7-11/h3-8,10,20H,9H2,1-2H3. The summed E-state index contributed by atoms with van der Waals surface area (Å²) in [6, 6.07) is 11.9. The summed E-state index contributed by atoms with van der Waals surface area (Å²) >= 11 is 15.4. The summed E-state index contributed by atoms with van der Waals surface area (Å²) < 4.78 is 6.19. The zero-order chi connectivity index (χ0) is 15.4. The molecular formula is C16H16BrCl2NO. The Morgan fingerprint density at radius 3 is 2.52 bits per heavy atom. The predicted molar refractivity (Wildman–Crippen MR) is 92.4 cm³/mol. The van der Waals surface area contributed by atoms with Crippen LogP contribution in [0, 0.1) is 0 Å². The van der Waals surface area contributed by atoms with Crippen LogP contribution in [-0.2, 0) is 6.54 Å². The lowest BCUT2D eigenvalue weighted by atomic mass is 10.1. The SMILES string of the molecule is COc1ccc(C(C)NCc2ccc(Cl)c(Cl)c2)cc1Br. The molecule has 0 saturated heterocycles. The fourth-order valence-corrected chi connectivity index (χ4v) is 2.87. The van der Waals surface area contributed by atoms with Gasteiger partial charge in [0.1, 0.15) is 5.75 Å². The summed E-state index contributed by atoms with van der Waals surface area (Å²) in [5, 5.41) is 4.62. The topological polar surface area (TPSA) is 21.3 Å². The smallest absolute Gasteiger partial charge is 0.133 e. The second-order valence-electron chi connectivity index (χ2n) is 4.75. The lowest BCUT2D eigenvalue weighted by Gasteiger charge is -2.16. The monoisotopic (exact) mass is 387 g/mol. The van der Waals surface area contributed by atoms with Crippen LogP contribution in [0.25, 0.3) is 0 Å². The highest BCUT2D eigenvalue weighted by molar-refractivity contribution is 9.10. The highest BCUT2D eigenvalue weighted by atomic mass is 79.9. The van der Waals surface area contributed by atoms with Crippen LogP contribution in [-0.4, -0.2) is 7.11 Å². The first-order chi connectivity index (χ1) is 10.0. The Bertz CT molecular complexity index is 634. The third-order valence-corrected chi connectivity index (χ3v) is 4.63. The van der Waals surface area contributed by atoms with Gasteiger partial charge in [-0.1, -0.05) is 35.3 Å². The van der Waals surface area contributed by atoms with Crippen molar-refractivity contribution in [3.05, 3.63) is 62.0 Å². The van der Waals surface area contributed by atoms with Gasteiger partial charge in [0, 0.05) is 12.6 Å². The van der Waals surface area contributed by atoms with Crippen molar-refractivity contribution in [3.8, 4) is 5.75 Å². The molecular weight excluding hydrogens is 373 g/mol. The molecule has 0 aromatic heterocycles. The maximum atomic E-state index is 6.02. The summed E-state index contributed by atoms with van der Waals surface area (Å²) in [7, 11) is 1.66.